The monoisotopic (exact) mass is 398 g/mol. The van der Waals surface area contributed by atoms with E-state index < -0.39 is 0 Å². The van der Waals surface area contributed by atoms with Gasteiger partial charge < -0.3 is 10.6 Å². The summed E-state index contributed by atoms with van der Waals surface area (Å²) in [4.78, 5) is 22.2. The fourth-order valence-corrected chi connectivity index (χ4v) is 3.89. The van der Waals surface area contributed by atoms with Crippen LogP contribution in [0.15, 0.2) is 23.3 Å². The van der Waals surface area contributed by atoms with Gasteiger partial charge in [-0.15, -0.1) is 23.7 Å². The molecule has 3 rings (SSSR count). The van der Waals surface area contributed by atoms with Gasteiger partial charge in [-0.3, -0.25) is 9.69 Å². The molecule has 1 fully saturated rings. The highest BCUT2D eigenvalue weighted by molar-refractivity contribution is 7.15. The maximum absolute atomic E-state index is 12.6. The van der Waals surface area contributed by atoms with E-state index in [0.717, 1.165) is 43.0 Å². The van der Waals surface area contributed by atoms with Crippen molar-refractivity contribution in [1.82, 2.24) is 19.7 Å². The average Bonchev–Trinajstić information content (AvgIpc) is 2.99. The lowest BCUT2D eigenvalue weighted by atomic mass is 10.1. The van der Waals surface area contributed by atoms with Gasteiger partial charge in [-0.05, 0) is 33.2 Å². The number of piperidine rings is 1. The summed E-state index contributed by atoms with van der Waals surface area (Å²) in [6.45, 7) is 6.86. The third-order valence-electron chi connectivity index (χ3n) is 4.77. The number of aromatic nitrogens is 3. The van der Waals surface area contributed by atoms with Crippen molar-refractivity contribution >= 4 is 34.6 Å². The van der Waals surface area contributed by atoms with E-state index in [0.29, 0.717) is 11.2 Å². The molecule has 26 heavy (non-hydrogen) atoms. The molecule has 0 aliphatic carbocycles. The van der Waals surface area contributed by atoms with E-state index in [2.05, 4.69) is 33.7 Å². The second kappa shape index (κ2) is 8.83. The van der Waals surface area contributed by atoms with Crippen LogP contribution in [0.1, 0.15) is 37.6 Å². The first-order valence-electron chi connectivity index (χ1n) is 8.68. The normalized spacial score (nSPS) is 17.9. The Kier molecular flexibility index (Phi) is 7.02. The van der Waals surface area contributed by atoms with Gasteiger partial charge >= 0.3 is 0 Å². The zero-order valence-electron chi connectivity index (χ0n) is 15.5. The van der Waals surface area contributed by atoms with Crippen LogP contribution in [-0.4, -0.2) is 45.8 Å². The highest BCUT2D eigenvalue weighted by atomic mass is 35.5. The number of anilines is 2. The van der Waals surface area contributed by atoms with Crippen molar-refractivity contribution in [3.8, 4) is 0 Å². The Morgan fingerprint density at radius 2 is 2.19 bits per heavy atom. The molecule has 1 unspecified atom stereocenters. The molecule has 0 aromatic carbocycles. The molecular weight excluding hydrogens is 372 g/mol. The molecule has 3 heterocycles. The average molecular weight is 399 g/mol. The summed E-state index contributed by atoms with van der Waals surface area (Å²) in [5, 5.41) is 5.06. The van der Waals surface area contributed by atoms with E-state index in [1.807, 2.05) is 13.2 Å². The molecule has 144 valence electrons. The van der Waals surface area contributed by atoms with Gasteiger partial charge in [0, 0.05) is 43.3 Å². The van der Waals surface area contributed by atoms with Gasteiger partial charge in [0.15, 0.2) is 5.13 Å². The predicted octanol–water partition coefficient (Wildman–Crippen LogP) is 2.39. The maximum atomic E-state index is 12.6. The predicted molar refractivity (Wildman–Crippen MR) is 109 cm³/mol. The fraction of sp³-hybridized carbons (Fsp3) is 0.588. The van der Waals surface area contributed by atoms with Crippen LogP contribution in [0.4, 0.5) is 10.8 Å². The van der Waals surface area contributed by atoms with E-state index in [1.165, 1.54) is 11.3 Å². The lowest BCUT2D eigenvalue weighted by molar-refractivity contribution is 0.161. The van der Waals surface area contributed by atoms with Gasteiger partial charge in [0.05, 0.1) is 17.9 Å². The number of nitrogen functional groups attached to an aromatic ring is 1. The summed E-state index contributed by atoms with van der Waals surface area (Å²) in [6, 6.07) is 2.13. The van der Waals surface area contributed by atoms with E-state index in [4.69, 9.17) is 5.73 Å². The third kappa shape index (κ3) is 4.75. The first-order chi connectivity index (χ1) is 11.9. The Morgan fingerprint density at radius 1 is 1.42 bits per heavy atom. The van der Waals surface area contributed by atoms with Gasteiger partial charge in [-0.25, -0.2) is 9.67 Å². The molecular formula is C17H27ClN6OS. The largest absolute Gasteiger partial charge is 0.375 e. The van der Waals surface area contributed by atoms with Crippen LogP contribution in [0, 0.1) is 0 Å². The SMILES string of the molecule is CC(C)N(C)c1cnn(C2CCCN(Cc3cnc(N)s3)C2)c(=O)c1.Cl. The summed E-state index contributed by atoms with van der Waals surface area (Å²) < 4.78 is 1.64. The number of likely N-dealkylation sites (tertiary alicyclic amines) is 1. The van der Waals surface area contributed by atoms with Crippen LogP contribution in [0.3, 0.4) is 0 Å². The Bertz CT molecular complexity index is 777. The van der Waals surface area contributed by atoms with E-state index >= 15 is 0 Å². The van der Waals surface area contributed by atoms with Crippen LogP contribution < -0.4 is 16.2 Å². The molecule has 1 aliphatic heterocycles. The molecule has 0 amide bonds. The van der Waals surface area contributed by atoms with Crippen molar-refractivity contribution in [3.63, 3.8) is 0 Å². The third-order valence-corrected chi connectivity index (χ3v) is 5.58. The van der Waals surface area contributed by atoms with Crippen LogP contribution in [0.5, 0.6) is 0 Å². The topological polar surface area (TPSA) is 80.3 Å². The van der Waals surface area contributed by atoms with Crippen molar-refractivity contribution in [2.75, 3.05) is 30.8 Å². The Morgan fingerprint density at radius 3 is 2.81 bits per heavy atom. The van der Waals surface area contributed by atoms with Gasteiger partial charge in [0.2, 0.25) is 0 Å². The maximum Gasteiger partial charge on any atom is 0.269 e. The molecule has 2 aromatic rings. The van der Waals surface area contributed by atoms with Crippen molar-refractivity contribution in [2.24, 2.45) is 0 Å². The highest BCUT2D eigenvalue weighted by Crippen LogP contribution is 2.24. The summed E-state index contributed by atoms with van der Waals surface area (Å²) in [5.41, 5.74) is 6.55. The highest BCUT2D eigenvalue weighted by Gasteiger charge is 2.23. The van der Waals surface area contributed by atoms with Crippen LogP contribution in [0.2, 0.25) is 0 Å². The zero-order valence-corrected chi connectivity index (χ0v) is 17.1. The quantitative estimate of drug-likeness (QED) is 0.832. The second-order valence-electron chi connectivity index (χ2n) is 6.90. The number of halogens is 1. The van der Waals surface area contributed by atoms with Crippen molar-refractivity contribution in [3.05, 3.63) is 33.7 Å². The molecule has 9 heteroatoms. The lowest BCUT2D eigenvalue weighted by Gasteiger charge is -2.32. The van der Waals surface area contributed by atoms with Crippen molar-refractivity contribution in [2.45, 2.75) is 45.3 Å². The minimum atomic E-state index is -0.0288. The molecule has 2 N–H and O–H groups in total. The van der Waals surface area contributed by atoms with Gasteiger partial charge in [-0.1, -0.05) is 0 Å². The van der Waals surface area contributed by atoms with Gasteiger partial charge in [-0.2, -0.15) is 5.10 Å². The summed E-state index contributed by atoms with van der Waals surface area (Å²) in [6.07, 6.45) is 5.67. The number of nitrogens with two attached hydrogens (primary N) is 1. The van der Waals surface area contributed by atoms with Crippen LogP contribution in [0.25, 0.3) is 0 Å². The molecule has 1 atom stereocenters. The molecule has 0 radical (unpaired) electrons. The first-order valence-corrected chi connectivity index (χ1v) is 9.50. The molecule has 2 aromatic heterocycles. The Balaban J connectivity index is 0.00000243. The lowest BCUT2D eigenvalue weighted by Crippen LogP contribution is -2.40. The van der Waals surface area contributed by atoms with Crippen molar-refractivity contribution in [1.29, 1.82) is 0 Å². The number of nitrogens with zero attached hydrogens (tertiary/aromatic N) is 5. The molecule has 0 bridgehead atoms. The smallest absolute Gasteiger partial charge is 0.269 e. The molecule has 1 saturated heterocycles. The van der Waals surface area contributed by atoms with Crippen LogP contribution >= 0.6 is 23.7 Å². The Labute approximate surface area is 164 Å². The minimum Gasteiger partial charge on any atom is -0.375 e. The number of rotatable bonds is 5. The zero-order chi connectivity index (χ0) is 18.0. The van der Waals surface area contributed by atoms with E-state index in [-0.39, 0.29) is 24.0 Å². The number of hydrogen-bond donors (Lipinski definition) is 1. The van der Waals surface area contributed by atoms with Gasteiger partial charge in [0.1, 0.15) is 0 Å². The summed E-state index contributed by atoms with van der Waals surface area (Å²) in [7, 11) is 1.98. The van der Waals surface area contributed by atoms with Crippen molar-refractivity contribution < 1.29 is 0 Å². The summed E-state index contributed by atoms with van der Waals surface area (Å²) >= 11 is 1.52. The molecule has 0 saturated carbocycles. The van der Waals surface area contributed by atoms with E-state index in [9.17, 15) is 4.79 Å². The standard InChI is InChI=1S/C17H26N6OS.ClH/c1-12(2)21(3)14-7-16(24)23(20-8-14)13-5-4-6-22(10-13)11-15-9-19-17(18)25-15;/h7-9,12-13H,4-6,10-11H2,1-3H3,(H2,18,19);1H. The fourth-order valence-electron chi connectivity index (χ4n) is 3.16. The van der Waals surface area contributed by atoms with Gasteiger partial charge in [0.25, 0.3) is 5.56 Å². The first kappa shape index (κ1) is 20.7. The van der Waals surface area contributed by atoms with E-state index in [1.54, 1.807) is 16.9 Å². The summed E-state index contributed by atoms with van der Waals surface area (Å²) in [5.74, 6) is 0. The second-order valence-corrected chi connectivity index (χ2v) is 8.04. The van der Waals surface area contributed by atoms with Crippen LogP contribution in [-0.2, 0) is 6.54 Å². The number of hydrogen-bond acceptors (Lipinski definition) is 7. The molecule has 7 nitrogen and oxygen atoms in total. The molecule has 0 spiro atoms. The Hall–Kier alpha value is -1.64. The minimum absolute atomic E-state index is 0. The molecule has 1 aliphatic rings. The number of thiazole rings is 1.